The lowest BCUT2D eigenvalue weighted by molar-refractivity contribution is -0.141. The standard InChI is InChI=1S/C15H22N4O2/c1-12(20)18-8-9-19(10-13-4-6-16-7-5-13)14(11-18)15(21)17(2)3/h4-7,14H,8-11H2,1-3H3. The molecule has 2 amide bonds. The molecule has 1 aromatic heterocycles. The highest BCUT2D eigenvalue weighted by Gasteiger charge is 2.34. The van der Waals surface area contributed by atoms with E-state index >= 15 is 0 Å². The number of pyridine rings is 1. The quantitative estimate of drug-likeness (QED) is 0.798. The van der Waals surface area contributed by atoms with Crippen LogP contribution in [-0.2, 0) is 16.1 Å². The number of piperazine rings is 1. The Labute approximate surface area is 125 Å². The zero-order valence-electron chi connectivity index (χ0n) is 12.8. The number of hydrogen-bond acceptors (Lipinski definition) is 4. The van der Waals surface area contributed by atoms with Gasteiger partial charge in [-0.1, -0.05) is 0 Å². The molecule has 0 bridgehead atoms. The van der Waals surface area contributed by atoms with Gasteiger partial charge in [-0.2, -0.15) is 0 Å². The van der Waals surface area contributed by atoms with Crippen LogP contribution in [0.2, 0.25) is 0 Å². The SMILES string of the molecule is CC(=O)N1CCN(Cc2ccncc2)C(C(=O)N(C)C)C1. The first-order valence-electron chi connectivity index (χ1n) is 7.08. The van der Waals surface area contributed by atoms with Crippen LogP contribution >= 0.6 is 0 Å². The third-order valence-electron chi connectivity index (χ3n) is 3.80. The van der Waals surface area contributed by atoms with Crippen LogP contribution in [0.4, 0.5) is 0 Å². The highest BCUT2D eigenvalue weighted by Crippen LogP contribution is 2.15. The van der Waals surface area contributed by atoms with Crippen molar-refractivity contribution in [3.05, 3.63) is 30.1 Å². The van der Waals surface area contributed by atoms with Crippen molar-refractivity contribution in [3.8, 4) is 0 Å². The van der Waals surface area contributed by atoms with Crippen molar-refractivity contribution in [1.29, 1.82) is 0 Å². The van der Waals surface area contributed by atoms with E-state index in [1.807, 2.05) is 12.1 Å². The van der Waals surface area contributed by atoms with Gasteiger partial charge in [-0.25, -0.2) is 0 Å². The summed E-state index contributed by atoms with van der Waals surface area (Å²) in [5.41, 5.74) is 1.12. The molecule has 1 fully saturated rings. The lowest BCUT2D eigenvalue weighted by Crippen LogP contribution is -2.59. The minimum absolute atomic E-state index is 0.0233. The Balaban J connectivity index is 2.14. The van der Waals surface area contributed by atoms with Gasteiger partial charge in [0.15, 0.2) is 0 Å². The molecule has 1 atom stereocenters. The van der Waals surface area contributed by atoms with Crippen LogP contribution in [0.5, 0.6) is 0 Å². The van der Waals surface area contributed by atoms with E-state index in [-0.39, 0.29) is 17.9 Å². The molecule has 2 rings (SSSR count). The molecule has 0 aliphatic carbocycles. The van der Waals surface area contributed by atoms with Crippen molar-refractivity contribution in [2.24, 2.45) is 0 Å². The maximum atomic E-state index is 12.4. The lowest BCUT2D eigenvalue weighted by Gasteiger charge is -2.41. The maximum absolute atomic E-state index is 12.4. The first-order valence-corrected chi connectivity index (χ1v) is 7.08. The average Bonchev–Trinajstić information content (AvgIpc) is 2.47. The molecule has 0 spiro atoms. The van der Waals surface area contributed by atoms with E-state index in [1.165, 1.54) is 0 Å². The molecular formula is C15H22N4O2. The number of carbonyl (C=O) groups excluding carboxylic acids is 2. The summed E-state index contributed by atoms with van der Waals surface area (Å²) in [4.78, 5) is 33.5. The summed E-state index contributed by atoms with van der Waals surface area (Å²) in [5, 5.41) is 0. The van der Waals surface area contributed by atoms with Crippen molar-refractivity contribution in [2.45, 2.75) is 19.5 Å². The molecular weight excluding hydrogens is 268 g/mol. The maximum Gasteiger partial charge on any atom is 0.241 e. The van der Waals surface area contributed by atoms with Crippen LogP contribution in [0.1, 0.15) is 12.5 Å². The first-order chi connectivity index (χ1) is 9.99. The molecule has 0 saturated carbocycles. The molecule has 6 nitrogen and oxygen atoms in total. The zero-order valence-corrected chi connectivity index (χ0v) is 12.8. The Kier molecular flexibility index (Phi) is 4.90. The van der Waals surface area contributed by atoms with Crippen molar-refractivity contribution in [1.82, 2.24) is 19.7 Å². The van der Waals surface area contributed by atoms with E-state index in [9.17, 15) is 9.59 Å². The highest BCUT2D eigenvalue weighted by molar-refractivity contribution is 5.83. The largest absolute Gasteiger partial charge is 0.347 e. The highest BCUT2D eigenvalue weighted by atomic mass is 16.2. The zero-order chi connectivity index (χ0) is 15.4. The van der Waals surface area contributed by atoms with Gasteiger partial charge in [0.25, 0.3) is 0 Å². The van der Waals surface area contributed by atoms with Gasteiger partial charge in [0.2, 0.25) is 11.8 Å². The van der Waals surface area contributed by atoms with Gasteiger partial charge in [-0.05, 0) is 17.7 Å². The van der Waals surface area contributed by atoms with Gasteiger partial charge >= 0.3 is 0 Å². The Hall–Kier alpha value is -1.95. The molecule has 2 heterocycles. The molecule has 114 valence electrons. The molecule has 21 heavy (non-hydrogen) atoms. The number of rotatable bonds is 3. The Morgan fingerprint density at radius 3 is 2.52 bits per heavy atom. The summed E-state index contributed by atoms with van der Waals surface area (Å²) in [6.07, 6.45) is 3.51. The average molecular weight is 290 g/mol. The molecule has 6 heteroatoms. The smallest absolute Gasteiger partial charge is 0.241 e. The Morgan fingerprint density at radius 1 is 1.29 bits per heavy atom. The third kappa shape index (κ3) is 3.78. The summed E-state index contributed by atoms with van der Waals surface area (Å²) < 4.78 is 0. The first kappa shape index (κ1) is 15.4. The number of hydrogen-bond donors (Lipinski definition) is 0. The minimum Gasteiger partial charge on any atom is -0.347 e. The summed E-state index contributed by atoms with van der Waals surface area (Å²) >= 11 is 0. The summed E-state index contributed by atoms with van der Waals surface area (Å²) in [6.45, 7) is 4.06. The van der Waals surface area contributed by atoms with Crippen LogP contribution < -0.4 is 0 Å². The van der Waals surface area contributed by atoms with Crippen LogP contribution in [0.25, 0.3) is 0 Å². The van der Waals surface area contributed by atoms with Gasteiger partial charge in [-0.3, -0.25) is 19.5 Å². The monoisotopic (exact) mass is 290 g/mol. The van der Waals surface area contributed by atoms with Crippen molar-refractivity contribution in [2.75, 3.05) is 33.7 Å². The van der Waals surface area contributed by atoms with Gasteiger partial charge < -0.3 is 9.80 Å². The number of likely N-dealkylation sites (N-methyl/N-ethyl adjacent to an activating group) is 1. The molecule has 0 N–H and O–H groups in total. The number of nitrogens with zero attached hydrogens (tertiary/aromatic N) is 4. The lowest BCUT2D eigenvalue weighted by atomic mass is 10.1. The van der Waals surface area contributed by atoms with Crippen LogP contribution in [0, 0.1) is 0 Å². The van der Waals surface area contributed by atoms with E-state index in [4.69, 9.17) is 0 Å². The molecule has 1 aliphatic rings. The third-order valence-corrected chi connectivity index (χ3v) is 3.80. The Bertz CT molecular complexity index is 504. The van der Waals surface area contributed by atoms with Gasteiger partial charge in [0.1, 0.15) is 6.04 Å². The second-order valence-electron chi connectivity index (χ2n) is 5.54. The van der Waals surface area contributed by atoms with Crippen LogP contribution in [0.3, 0.4) is 0 Å². The molecule has 1 aromatic rings. The summed E-state index contributed by atoms with van der Waals surface area (Å²) in [7, 11) is 3.50. The molecule has 1 aliphatic heterocycles. The van der Waals surface area contributed by atoms with Crippen molar-refractivity contribution < 1.29 is 9.59 Å². The van der Waals surface area contributed by atoms with E-state index in [2.05, 4.69) is 9.88 Å². The van der Waals surface area contributed by atoms with Crippen LogP contribution in [0.15, 0.2) is 24.5 Å². The van der Waals surface area contributed by atoms with Crippen LogP contribution in [-0.4, -0.2) is 71.3 Å². The fraction of sp³-hybridized carbons (Fsp3) is 0.533. The van der Waals surface area contributed by atoms with E-state index < -0.39 is 0 Å². The fourth-order valence-corrected chi connectivity index (χ4v) is 2.55. The minimum atomic E-state index is -0.286. The second-order valence-corrected chi connectivity index (χ2v) is 5.54. The predicted molar refractivity (Wildman–Crippen MR) is 79.4 cm³/mol. The molecule has 0 radical (unpaired) electrons. The molecule has 1 saturated heterocycles. The summed E-state index contributed by atoms with van der Waals surface area (Å²) in [5.74, 6) is 0.0603. The molecule has 1 unspecified atom stereocenters. The topological polar surface area (TPSA) is 56.8 Å². The van der Waals surface area contributed by atoms with Gasteiger partial charge in [-0.15, -0.1) is 0 Å². The van der Waals surface area contributed by atoms with Gasteiger partial charge in [0, 0.05) is 59.6 Å². The number of aromatic nitrogens is 1. The number of amides is 2. The van der Waals surface area contributed by atoms with Crippen molar-refractivity contribution >= 4 is 11.8 Å². The normalized spacial score (nSPS) is 19.4. The summed E-state index contributed by atoms with van der Waals surface area (Å²) in [6, 6.07) is 3.62. The Morgan fingerprint density at radius 2 is 1.95 bits per heavy atom. The fourth-order valence-electron chi connectivity index (χ4n) is 2.55. The van der Waals surface area contributed by atoms with E-state index in [1.54, 1.807) is 43.2 Å². The van der Waals surface area contributed by atoms with E-state index in [0.717, 1.165) is 5.56 Å². The van der Waals surface area contributed by atoms with Crippen molar-refractivity contribution in [3.63, 3.8) is 0 Å². The van der Waals surface area contributed by atoms with E-state index in [0.29, 0.717) is 26.2 Å². The molecule has 0 aromatic carbocycles. The van der Waals surface area contributed by atoms with Gasteiger partial charge in [0.05, 0.1) is 0 Å². The number of carbonyl (C=O) groups is 2. The second kappa shape index (κ2) is 6.67. The predicted octanol–water partition coefficient (Wildman–Crippen LogP) is 0.203.